The third kappa shape index (κ3) is 1.65. The Morgan fingerprint density at radius 2 is 1.89 bits per heavy atom. The molecule has 3 rings (SSSR count). The zero-order valence-electron chi connectivity index (χ0n) is 9.76. The molecule has 0 saturated heterocycles. The Bertz CT molecular complexity index is 701. The highest BCUT2D eigenvalue weighted by Crippen LogP contribution is 2.34. The molecule has 2 aromatic carbocycles. The van der Waals surface area contributed by atoms with Gasteiger partial charge in [0.05, 0.1) is 6.61 Å². The molecule has 90 valence electrons. The van der Waals surface area contributed by atoms with Crippen molar-refractivity contribution in [1.29, 1.82) is 0 Å². The lowest BCUT2D eigenvalue weighted by Crippen LogP contribution is -1.87. The molecule has 0 bridgehead atoms. The highest BCUT2D eigenvalue weighted by molar-refractivity contribution is 5.88. The van der Waals surface area contributed by atoms with E-state index in [1.54, 1.807) is 0 Å². The number of rotatable bonds is 2. The van der Waals surface area contributed by atoms with Crippen LogP contribution < -0.4 is 5.73 Å². The van der Waals surface area contributed by atoms with Crippen LogP contribution >= 0.6 is 0 Å². The molecule has 0 radical (unpaired) electrons. The monoisotopic (exact) mass is 239 g/mol. The first-order chi connectivity index (χ1) is 8.79. The Kier molecular flexibility index (Phi) is 2.54. The molecule has 0 amide bonds. The Morgan fingerprint density at radius 3 is 2.67 bits per heavy atom. The van der Waals surface area contributed by atoms with Crippen LogP contribution in [0, 0.1) is 0 Å². The maximum Gasteiger partial charge on any atom is 0.141 e. The van der Waals surface area contributed by atoms with Gasteiger partial charge in [0.2, 0.25) is 0 Å². The van der Waals surface area contributed by atoms with Crippen LogP contribution in [-0.2, 0) is 6.61 Å². The first-order valence-electron chi connectivity index (χ1n) is 5.77. The third-order valence-electron chi connectivity index (χ3n) is 3.01. The van der Waals surface area contributed by atoms with Gasteiger partial charge in [0.1, 0.15) is 11.3 Å². The second kappa shape index (κ2) is 4.20. The van der Waals surface area contributed by atoms with Gasteiger partial charge < -0.3 is 15.3 Å². The highest BCUT2D eigenvalue weighted by Gasteiger charge is 2.14. The maximum atomic E-state index is 9.54. The van der Waals surface area contributed by atoms with Gasteiger partial charge in [0.25, 0.3) is 0 Å². The number of furan rings is 1. The van der Waals surface area contributed by atoms with Crippen LogP contribution in [0.3, 0.4) is 0 Å². The van der Waals surface area contributed by atoms with Crippen LogP contribution in [-0.4, -0.2) is 5.11 Å². The van der Waals surface area contributed by atoms with Crippen molar-refractivity contribution < 1.29 is 9.52 Å². The molecule has 1 aromatic heterocycles. The Morgan fingerprint density at radius 1 is 1.06 bits per heavy atom. The first kappa shape index (κ1) is 10.9. The SMILES string of the molecule is Nc1cccc(-c2oc3ccccc3c2CO)c1. The number of hydrogen-bond donors (Lipinski definition) is 2. The minimum absolute atomic E-state index is 0.0544. The zero-order chi connectivity index (χ0) is 12.5. The Balaban J connectivity index is 2.28. The predicted molar refractivity (Wildman–Crippen MR) is 72.0 cm³/mol. The molecule has 3 nitrogen and oxygen atoms in total. The smallest absolute Gasteiger partial charge is 0.141 e. The molecule has 3 N–H and O–H groups in total. The van der Waals surface area contributed by atoms with Crippen molar-refractivity contribution in [3.63, 3.8) is 0 Å². The van der Waals surface area contributed by atoms with Gasteiger partial charge in [-0.1, -0.05) is 30.3 Å². The second-order valence-electron chi connectivity index (χ2n) is 4.19. The summed E-state index contributed by atoms with van der Waals surface area (Å²) in [6.45, 7) is -0.0544. The van der Waals surface area contributed by atoms with Gasteiger partial charge in [-0.15, -0.1) is 0 Å². The van der Waals surface area contributed by atoms with E-state index in [2.05, 4.69) is 0 Å². The normalized spacial score (nSPS) is 10.9. The average Bonchev–Trinajstić information content (AvgIpc) is 2.77. The number of anilines is 1. The summed E-state index contributed by atoms with van der Waals surface area (Å²) in [4.78, 5) is 0. The third-order valence-corrected chi connectivity index (χ3v) is 3.01. The van der Waals surface area contributed by atoms with Crippen molar-refractivity contribution in [2.75, 3.05) is 5.73 Å². The summed E-state index contributed by atoms with van der Waals surface area (Å²) < 4.78 is 5.82. The van der Waals surface area contributed by atoms with Crippen LogP contribution in [0.2, 0.25) is 0 Å². The van der Waals surface area contributed by atoms with Gasteiger partial charge >= 0.3 is 0 Å². The zero-order valence-corrected chi connectivity index (χ0v) is 9.76. The molecule has 0 spiro atoms. The lowest BCUT2D eigenvalue weighted by atomic mass is 10.1. The summed E-state index contributed by atoms with van der Waals surface area (Å²) in [5.41, 5.74) is 8.92. The fraction of sp³-hybridized carbons (Fsp3) is 0.0667. The molecule has 3 heteroatoms. The van der Waals surface area contributed by atoms with Gasteiger partial charge in [0.15, 0.2) is 0 Å². The fourth-order valence-corrected chi connectivity index (χ4v) is 2.17. The standard InChI is InChI=1S/C15H13NO2/c16-11-5-3-4-10(8-11)15-13(9-17)12-6-1-2-7-14(12)18-15/h1-8,17H,9,16H2. The number of hydrogen-bond acceptors (Lipinski definition) is 3. The predicted octanol–water partition coefficient (Wildman–Crippen LogP) is 3.17. The van der Waals surface area contributed by atoms with Crippen LogP contribution in [0.5, 0.6) is 0 Å². The maximum absolute atomic E-state index is 9.54. The van der Waals surface area contributed by atoms with Crippen molar-refractivity contribution in [2.45, 2.75) is 6.61 Å². The summed E-state index contributed by atoms with van der Waals surface area (Å²) in [6.07, 6.45) is 0. The van der Waals surface area contributed by atoms with Gasteiger partial charge in [-0.05, 0) is 18.2 Å². The van der Waals surface area contributed by atoms with E-state index in [0.29, 0.717) is 11.4 Å². The van der Waals surface area contributed by atoms with Crippen molar-refractivity contribution in [3.05, 3.63) is 54.1 Å². The minimum atomic E-state index is -0.0544. The summed E-state index contributed by atoms with van der Waals surface area (Å²) >= 11 is 0. The number of nitrogens with two attached hydrogens (primary N) is 1. The molecule has 0 unspecified atom stereocenters. The number of para-hydroxylation sites is 1. The highest BCUT2D eigenvalue weighted by atomic mass is 16.3. The molecule has 3 aromatic rings. The fourth-order valence-electron chi connectivity index (χ4n) is 2.17. The van der Waals surface area contributed by atoms with E-state index in [1.807, 2.05) is 48.5 Å². The largest absolute Gasteiger partial charge is 0.456 e. The van der Waals surface area contributed by atoms with Crippen molar-refractivity contribution in [2.24, 2.45) is 0 Å². The number of fused-ring (bicyclic) bond motifs is 1. The van der Waals surface area contributed by atoms with Crippen LogP contribution in [0.4, 0.5) is 5.69 Å². The molecule has 0 atom stereocenters. The van der Waals surface area contributed by atoms with Crippen molar-refractivity contribution in [3.8, 4) is 11.3 Å². The number of nitrogen functional groups attached to an aromatic ring is 1. The van der Waals surface area contributed by atoms with E-state index in [9.17, 15) is 5.11 Å². The van der Waals surface area contributed by atoms with E-state index in [0.717, 1.165) is 22.1 Å². The van der Waals surface area contributed by atoms with Gasteiger partial charge in [-0.3, -0.25) is 0 Å². The number of benzene rings is 2. The van der Waals surface area contributed by atoms with Crippen LogP contribution in [0.25, 0.3) is 22.3 Å². The molecule has 1 heterocycles. The average molecular weight is 239 g/mol. The second-order valence-corrected chi connectivity index (χ2v) is 4.19. The van der Waals surface area contributed by atoms with Crippen molar-refractivity contribution >= 4 is 16.7 Å². The molecular weight excluding hydrogens is 226 g/mol. The van der Waals surface area contributed by atoms with Gasteiger partial charge in [-0.2, -0.15) is 0 Å². The Hall–Kier alpha value is -2.26. The topological polar surface area (TPSA) is 59.4 Å². The summed E-state index contributed by atoms with van der Waals surface area (Å²) in [5, 5.41) is 10.5. The lowest BCUT2D eigenvalue weighted by molar-refractivity contribution is 0.282. The molecular formula is C15H13NO2. The molecule has 0 aliphatic heterocycles. The van der Waals surface area contributed by atoms with E-state index in [-0.39, 0.29) is 6.61 Å². The quantitative estimate of drug-likeness (QED) is 0.675. The molecule has 0 saturated carbocycles. The van der Waals surface area contributed by atoms with Crippen LogP contribution in [0.1, 0.15) is 5.56 Å². The van der Waals surface area contributed by atoms with Crippen molar-refractivity contribution in [1.82, 2.24) is 0 Å². The Labute approximate surface area is 104 Å². The summed E-state index contributed by atoms with van der Waals surface area (Å²) in [7, 11) is 0. The number of aliphatic hydroxyl groups is 1. The molecule has 0 aliphatic rings. The van der Waals surface area contributed by atoms with Gasteiger partial charge in [-0.25, -0.2) is 0 Å². The lowest BCUT2D eigenvalue weighted by Gasteiger charge is -2.01. The van der Waals surface area contributed by atoms with Gasteiger partial charge in [0, 0.05) is 22.2 Å². The summed E-state index contributed by atoms with van der Waals surface area (Å²) in [5.74, 6) is 0.686. The minimum Gasteiger partial charge on any atom is -0.456 e. The van der Waals surface area contributed by atoms with E-state index in [1.165, 1.54) is 0 Å². The first-order valence-corrected chi connectivity index (χ1v) is 5.77. The van der Waals surface area contributed by atoms with E-state index >= 15 is 0 Å². The number of aliphatic hydroxyl groups excluding tert-OH is 1. The van der Waals surface area contributed by atoms with E-state index in [4.69, 9.17) is 10.2 Å². The van der Waals surface area contributed by atoms with Crippen LogP contribution in [0.15, 0.2) is 52.9 Å². The summed E-state index contributed by atoms with van der Waals surface area (Å²) in [6, 6.07) is 15.1. The van der Waals surface area contributed by atoms with E-state index < -0.39 is 0 Å². The molecule has 0 fully saturated rings. The molecule has 18 heavy (non-hydrogen) atoms. The molecule has 0 aliphatic carbocycles.